The fourth-order valence-corrected chi connectivity index (χ4v) is 3.88. The Bertz CT molecular complexity index is 1010. The molecule has 0 spiro atoms. The summed E-state index contributed by atoms with van der Waals surface area (Å²) in [5.41, 5.74) is 2.87. The van der Waals surface area contributed by atoms with Gasteiger partial charge in [0.2, 0.25) is 0 Å². The van der Waals surface area contributed by atoms with Crippen LogP contribution in [0.5, 0.6) is 0 Å². The largest absolute Gasteiger partial charge is 0.440 e. The van der Waals surface area contributed by atoms with E-state index < -0.39 is 22.5 Å². The van der Waals surface area contributed by atoms with E-state index in [4.69, 9.17) is 9.52 Å². The SMILES string of the molecule is Cc1ccc(-c2cnc(Cc3ccc(S(=O)(=O)CCC(O)CO)nc3)o2)cc1. The van der Waals surface area contributed by atoms with Crippen LogP contribution in [-0.4, -0.2) is 47.1 Å². The number of rotatable bonds is 8. The average molecular weight is 402 g/mol. The predicted octanol–water partition coefficient (Wildman–Crippen LogP) is 2.15. The van der Waals surface area contributed by atoms with E-state index in [2.05, 4.69) is 9.97 Å². The highest BCUT2D eigenvalue weighted by atomic mass is 32.2. The van der Waals surface area contributed by atoms with Crippen molar-refractivity contribution < 1.29 is 23.0 Å². The fraction of sp³-hybridized carbons (Fsp3) is 0.300. The zero-order valence-corrected chi connectivity index (χ0v) is 16.3. The molecule has 8 heteroatoms. The van der Waals surface area contributed by atoms with Gasteiger partial charge in [-0.25, -0.2) is 18.4 Å². The van der Waals surface area contributed by atoms with Crippen molar-refractivity contribution in [2.45, 2.75) is 30.9 Å². The Hall–Kier alpha value is -2.55. The maximum absolute atomic E-state index is 12.2. The van der Waals surface area contributed by atoms with Crippen LogP contribution in [0.4, 0.5) is 0 Å². The summed E-state index contributed by atoms with van der Waals surface area (Å²) in [5, 5.41) is 18.1. The van der Waals surface area contributed by atoms with E-state index in [1.54, 1.807) is 12.3 Å². The summed E-state index contributed by atoms with van der Waals surface area (Å²) in [4.78, 5) is 8.30. The van der Waals surface area contributed by atoms with Gasteiger partial charge in [0.05, 0.1) is 31.1 Å². The Balaban J connectivity index is 1.67. The molecule has 2 aromatic heterocycles. The van der Waals surface area contributed by atoms with Gasteiger partial charge in [0, 0.05) is 11.8 Å². The Morgan fingerprint density at radius 3 is 2.46 bits per heavy atom. The molecule has 0 bridgehead atoms. The Kier molecular flexibility index (Phi) is 6.23. The van der Waals surface area contributed by atoms with Crippen molar-refractivity contribution in [3.05, 3.63) is 65.8 Å². The summed E-state index contributed by atoms with van der Waals surface area (Å²) in [6.45, 7) is 1.55. The Morgan fingerprint density at radius 1 is 1.07 bits per heavy atom. The number of nitrogens with zero attached hydrogens (tertiary/aromatic N) is 2. The number of pyridine rings is 1. The van der Waals surface area contributed by atoms with Gasteiger partial charge in [-0.3, -0.25) is 0 Å². The van der Waals surface area contributed by atoms with Crippen LogP contribution in [0.2, 0.25) is 0 Å². The van der Waals surface area contributed by atoms with Crippen LogP contribution in [0.3, 0.4) is 0 Å². The molecule has 0 amide bonds. The molecular weight excluding hydrogens is 380 g/mol. The summed E-state index contributed by atoms with van der Waals surface area (Å²) < 4.78 is 30.2. The van der Waals surface area contributed by atoms with Crippen molar-refractivity contribution in [2.75, 3.05) is 12.4 Å². The number of oxazole rings is 1. The number of aryl methyl sites for hydroxylation is 1. The van der Waals surface area contributed by atoms with Crippen LogP contribution < -0.4 is 0 Å². The van der Waals surface area contributed by atoms with Crippen molar-refractivity contribution in [2.24, 2.45) is 0 Å². The second kappa shape index (κ2) is 8.64. The van der Waals surface area contributed by atoms with Crippen LogP contribution in [0, 0.1) is 6.92 Å². The van der Waals surface area contributed by atoms with E-state index in [0.29, 0.717) is 18.1 Å². The fourth-order valence-electron chi connectivity index (χ4n) is 2.60. The lowest BCUT2D eigenvalue weighted by atomic mass is 10.1. The first-order valence-electron chi connectivity index (χ1n) is 8.86. The number of aliphatic hydroxyl groups excluding tert-OH is 2. The molecule has 28 heavy (non-hydrogen) atoms. The first-order valence-corrected chi connectivity index (χ1v) is 10.5. The standard InChI is InChI=1S/C20H22N2O5S/c1-14-2-5-16(6-3-14)18-12-21-19(27-18)10-15-4-7-20(22-11-15)28(25,26)9-8-17(24)13-23/h2-7,11-12,17,23-24H,8-10,13H2,1H3. The predicted molar refractivity (Wildman–Crippen MR) is 103 cm³/mol. The lowest BCUT2D eigenvalue weighted by molar-refractivity contribution is 0.0928. The van der Waals surface area contributed by atoms with Gasteiger partial charge in [-0.1, -0.05) is 35.9 Å². The third-order valence-electron chi connectivity index (χ3n) is 4.29. The molecule has 148 valence electrons. The molecular formula is C20H22N2O5S. The third kappa shape index (κ3) is 5.03. The van der Waals surface area contributed by atoms with E-state index in [1.807, 2.05) is 31.2 Å². The number of aliphatic hydroxyl groups is 2. The third-order valence-corrected chi connectivity index (χ3v) is 5.94. The van der Waals surface area contributed by atoms with Gasteiger partial charge in [-0.05, 0) is 25.0 Å². The summed E-state index contributed by atoms with van der Waals surface area (Å²) in [6.07, 6.45) is 2.44. The zero-order chi connectivity index (χ0) is 20.1. The number of sulfone groups is 1. The maximum Gasteiger partial charge on any atom is 0.199 e. The molecule has 7 nitrogen and oxygen atoms in total. The van der Waals surface area contributed by atoms with Gasteiger partial charge >= 0.3 is 0 Å². The minimum atomic E-state index is -3.61. The highest BCUT2D eigenvalue weighted by molar-refractivity contribution is 7.91. The molecule has 2 N–H and O–H groups in total. The molecule has 0 aliphatic carbocycles. The molecule has 0 saturated carbocycles. The molecule has 3 aromatic rings. The number of benzene rings is 1. The summed E-state index contributed by atoms with van der Waals surface area (Å²) in [5.74, 6) is 0.907. The summed E-state index contributed by atoms with van der Waals surface area (Å²) >= 11 is 0. The van der Waals surface area contributed by atoms with Crippen molar-refractivity contribution in [1.82, 2.24) is 9.97 Å². The van der Waals surface area contributed by atoms with E-state index >= 15 is 0 Å². The van der Waals surface area contributed by atoms with Crippen molar-refractivity contribution >= 4 is 9.84 Å². The molecule has 0 aliphatic rings. The van der Waals surface area contributed by atoms with Gasteiger partial charge in [0.1, 0.15) is 0 Å². The minimum absolute atomic E-state index is 0.0413. The van der Waals surface area contributed by atoms with Gasteiger partial charge in [0.15, 0.2) is 26.5 Å². The Labute approximate surface area is 163 Å². The van der Waals surface area contributed by atoms with Crippen LogP contribution in [0.1, 0.15) is 23.4 Å². The minimum Gasteiger partial charge on any atom is -0.440 e. The molecule has 1 aromatic carbocycles. The normalized spacial score (nSPS) is 12.8. The van der Waals surface area contributed by atoms with Gasteiger partial charge in [0.25, 0.3) is 0 Å². The van der Waals surface area contributed by atoms with Gasteiger partial charge in [-0.15, -0.1) is 0 Å². The first-order chi connectivity index (χ1) is 13.4. The topological polar surface area (TPSA) is 114 Å². The first kappa shape index (κ1) is 20.2. The lowest BCUT2D eigenvalue weighted by Crippen LogP contribution is -2.18. The lowest BCUT2D eigenvalue weighted by Gasteiger charge is -2.07. The second-order valence-corrected chi connectivity index (χ2v) is 8.67. The van der Waals surface area contributed by atoms with Gasteiger partial charge in [-0.2, -0.15) is 0 Å². The molecule has 0 fully saturated rings. The summed E-state index contributed by atoms with van der Waals surface area (Å²) in [6, 6.07) is 11.0. The van der Waals surface area contributed by atoms with Crippen molar-refractivity contribution in [3.63, 3.8) is 0 Å². The average Bonchev–Trinajstić information content (AvgIpc) is 3.15. The maximum atomic E-state index is 12.2. The quantitative estimate of drug-likeness (QED) is 0.593. The Morgan fingerprint density at radius 2 is 1.82 bits per heavy atom. The highest BCUT2D eigenvalue weighted by Crippen LogP contribution is 2.22. The van der Waals surface area contributed by atoms with Gasteiger partial charge < -0.3 is 14.6 Å². The second-order valence-electron chi connectivity index (χ2n) is 6.61. The molecule has 0 radical (unpaired) electrons. The summed E-state index contributed by atoms with van der Waals surface area (Å²) in [7, 11) is -3.61. The van der Waals surface area contributed by atoms with E-state index in [9.17, 15) is 13.5 Å². The molecule has 1 atom stereocenters. The zero-order valence-electron chi connectivity index (χ0n) is 15.4. The van der Waals surface area contributed by atoms with E-state index in [1.165, 1.54) is 12.3 Å². The smallest absolute Gasteiger partial charge is 0.199 e. The number of aromatic nitrogens is 2. The van der Waals surface area contributed by atoms with E-state index in [-0.39, 0.29) is 17.2 Å². The highest BCUT2D eigenvalue weighted by Gasteiger charge is 2.18. The number of hydrogen-bond acceptors (Lipinski definition) is 7. The number of hydrogen-bond donors (Lipinski definition) is 2. The van der Waals surface area contributed by atoms with Crippen LogP contribution in [0.25, 0.3) is 11.3 Å². The molecule has 2 heterocycles. The van der Waals surface area contributed by atoms with Crippen LogP contribution >= 0.6 is 0 Å². The molecule has 0 saturated heterocycles. The van der Waals surface area contributed by atoms with Crippen molar-refractivity contribution in [1.29, 1.82) is 0 Å². The van der Waals surface area contributed by atoms with Crippen molar-refractivity contribution in [3.8, 4) is 11.3 Å². The molecule has 3 rings (SSSR count). The molecule has 0 aliphatic heterocycles. The van der Waals surface area contributed by atoms with Crippen LogP contribution in [-0.2, 0) is 16.3 Å². The van der Waals surface area contributed by atoms with E-state index in [0.717, 1.165) is 16.7 Å². The monoisotopic (exact) mass is 402 g/mol. The van der Waals surface area contributed by atoms with Crippen LogP contribution in [0.15, 0.2) is 58.2 Å². The molecule has 1 unspecified atom stereocenters.